The molecule has 1 N–H and O–H groups in total. The second-order valence-corrected chi connectivity index (χ2v) is 6.91. The normalized spacial score (nSPS) is 16.1. The van der Waals surface area contributed by atoms with E-state index in [2.05, 4.69) is 15.2 Å². The smallest absolute Gasteiger partial charge is 0.220 e. The van der Waals surface area contributed by atoms with Gasteiger partial charge in [0.1, 0.15) is 5.82 Å². The number of hydrogen-bond acceptors (Lipinski definition) is 4. The summed E-state index contributed by atoms with van der Waals surface area (Å²) in [6, 6.07) is 9.10. The second-order valence-electron chi connectivity index (χ2n) is 6.50. The number of pyridine rings is 1. The lowest BCUT2D eigenvalue weighted by Gasteiger charge is -2.35. The predicted octanol–water partition coefficient (Wildman–Crippen LogP) is 3.00. The quantitative estimate of drug-likeness (QED) is 0.788. The summed E-state index contributed by atoms with van der Waals surface area (Å²) < 4.78 is 18.6. The third-order valence-electron chi connectivity index (χ3n) is 4.65. The summed E-state index contributed by atoms with van der Waals surface area (Å²) in [4.78, 5) is 18.4. The van der Waals surface area contributed by atoms with Gasteiger partial charge in [0.25, 0.3) is 0 Å². The summed E-state index contributed by atoms with van der Waals surface area (Å²) in [7, 11) is 0. The number of nitrogens with one attached hydrogen (secondary N) is 1. The van der Waals surface area contributed by atoms with Crippen LogP contribution in [0.1, 0.15) is 23.6 Å². The van der Waals surface area contributed by atoms with Gasteiger partial charge in [-0.05, 0) is 29.7 Å². The fourth-order valence-corrected chi connectivity index (χ4v) is 3.48. The number of morpholine rings is 1. The summed E-state index contributed by atoms with van der Waals surface area (Å²) in [5.41, 5.74) is 1.71. The van der Waals surface area contributed by atoms with Crippen molar-refractivity contribution in [3.63, 3.8) is 0 Å². The van der Waals surface area contributed by atoms with Crippen LogP contribution >= 0.6 is 11.6 Å². The SMILES string of the molecule is O=C(CCc1cncc(F)c1)NC[C@@H](c1ccccc1Cl)N1CCOCC1. The molecule has 1 saturated heterocycles. The van der Waals surface area contributed by atoms with Crippen LogP contribution in [0.3, 0.4) is 0 Å². The molecule has 1 aliphatic rings. The van der Waals surface area contributed by atoms with Crippen LogP contribution in [-0.4, -0.2) is 48.6 Å². The van der Waals surface area contributed by atoms with Gasteiger partial charge in [0, 0.05) is 37.3 Å². The van der Waals surface area contributed by atoms with Crippen molar-refractivity contribution in [2.75, 3.05) is 32.8 Å². The van der Waals surface area contributed by atoms with Crippen LogP contribution < -0.4 is 5.32 Å². The van der Waals surface area contributed by atoms with Crippen LogP contribution in [0.25, 0.3) is 0 Å². The first-order valence-electron chi connectivity index (χ1n) is 9.06. The Morgan fingerprint density at radius 1 is 1.30 bits per heavy atom. The van der Waals surface area contributed by atoms with Crippen molar-refractivity contribution in [1.82, 2.24) is 15.2 Å². The van der Waals surface area contributed by atoms with Gasteiger partial charge in [0.2, 0.25) is 5.91 Å². The number of halogens is 2. The molecule has 1 aromatic carbocycles. The van der Waals surface area contributed by atoms with Gasteiger partial charge >= 0.3 is 0 Å². The summed E-state index contributed by atoms with van der Waals surface area (Å²) in [5.74, 6) is -0.469. The van der Waals surface area contributed by atoms with Gasteiger partial charge in [0.15, 0.2) is 0 Å². The maximum absolute atomic E-state index is 13.2. The molecule has 0 radical (unpaired) electrons. The van der Waals surface area contributed by atoms with Crippen LogP contribution in [0.2, 0.25) is 5.02 Å². The number of rotatable bonds is 7. The Kier molecular flexibility index (Phi) is 7.15. The second kappa shape index (κ2) is 9.78. The molecule has 0 unspecified atom stereocenters. The van der Waals surface area contributed by atoms with Gasteiger partial charge in [-0.25, -0.2) is 4.39 Å². The maximum atomic E-state index is 13.2. The first-order chi connectivity index (χ1) is 13.1. The van der Waals surface area contributed by atoms with Crippen molar-refractivity contribution in [2.24, 2.45) is 0 Å². The summed E-state index contributed by atoms with van der Waals surface area (Å²) >= 11 is 6.40. The molecule has 1 aromatic heterocycles. The van der Waals surface area contributed by atoms with E-state index in [4.69, 9.17) is 16.3 Å². The number of carbonyl (C=O) groups excluding carboxylic acids is 1. The zero-order chi connectivity index (χ0) is 19.1. The van der Waals surface area contributed by atoms with Crippen molar-refractivity contribution >= 4 is 17.5 Å². The lowest BCUT2D eigenvalue weighted by molar-refractivity contribution is -0.121. The largest absolute Gasteiger partial charge is 0.379 e. The van der Waals surface area contributed by atoms with Gasteiger partial charge in [0.05, 0.1) is 25.5 Å². The average Bonchev–Trinajstić information content (AvgIpc) is 2.69. The van der Waals surface area contributed by atoms with Crippen molar-refractivity contribution in [2.45, 2.75) is 18.9 Å². The fraction of sp³-hybridized carbons (Fsp3) is 0.400. The van der Waals surface area contributed by atoms with E-state index < -0.39 is 0 Å². The molecule has 0 aliphatic carbocycles. The van der Waals surface area contributed by atoms with Gasteiger partial charge in [-0.1, -0.05) is 29.8 Å². The molecule has 2 heterocycles. The van der Waals surface area contributed by atoms with E-state index >= 15 is 0 Å². The molecular weight excluding hydrogens is 369 g/mol. The Morgan fingerprint density at radius 2 is 2.07 bits per heavy atom. The number of amides is 1. The number of aryl methyl sites for hydroxylation is 1. The highest BCUT2D eigenvalue weighted by atomic mass is 35.5. The van der Waals surface area contributed by atoms with Crippen LogP contribution in [0, 0.1) is 5.82 Å². The van der Waals surface area contributed by atoms with E-state index in [1.165, 1.54) is 6.07 Å². The number of nitrogens with zero attached hydrogens (tertiary/aromatic N) is 2. The number of carbonyl (C=O) groups is 1. The Balaban J connectivity index is 1.60. The standard InChI is InChI=1S/C20H23ClFN3O2/c21-18-4-2-1-3-17(18)19(25-7-9-27-10-8-25)14-24-20(26)6-5-15-11-16(22)13-23-12-15/h1-4,11-13,19H,5-10,14H2,(H,24,26)/t19-/m0/s1. The van der Waals surface area contributed by atoms with Crippen molar-refractivity contribution in [3.8, 4) is 0 Å². The molecule has 0 saturated carbocycles. The fourth-order valence-electron chi connectivity index (χ4n) is 3.22. The molecule has 3 rings (SSSR count). The monoisotopic (exact) mass is 391 g/mol. The first kappa shape index (κ1) is 19.7. The van der Waals surface area contributed by atoms with Gasteiger partial charge in [-0.3, -0.25) is 14.7 Å². The zero-order valence-corrected chi connectivity index (χ0v) is 15.8. The van der Waals surface area contributed by atoms with E-state index in [-0.39, 0.29) is 24.2 Å². The van der Waals surface area contributed by atoms with Gasteiger partial charge in [-0.15, -0.1) is 0 Å². The molecule has 1 aliphatic heterocycles. The first-order valence-corrected chi connectivity index (χ1v) is 9.43. The molecule has 7 heteroatoms. The van der Waals surface area contributed by atoms with E-state index in [0.29, 0.717) is 36.8 Å². The molecular formula is C20H23ClFN3O2. The molecule has 5 nitrogen and oxygen atoms in total. The molecule has 0 spiro atoms. The third-order valence-corrected chi connectivity index (χ3v) is 4.99. The van der Waals surface area contributed by atoms with Crippen LogP contribution in [-0.2, 0) is 16.0 Å². The highest BCUT2D eigenvalue weighted by Crippen LogP contribution is 2.27. The Labute approximate surface area is 163 Å². The van der Waals surface area contributed by atoms with E-state index in [1.807, 2.05) is 24.3 Å². The van der Waals surface area contributed by atoms with Crippen molar-refractivity contribution < 1.29 is 13.9 Å². The van der Waals surface area contributed by atoms with Crippen molar-refractivity contribution in [1.29, 1.82) is 0 Å². The van der Waals surface area contributed by atoms with E-state index in [0.717, 1.165) is 24.8 Å². The molecule has 1 fully saturated rings. The molecule has 1 amide bonds. The number of aromatic nitrogens is 1. The minimum absolute atomic E-state index is 0.0117. The lowest BCUT2D eigenvalue weighted by atomic mass is 10.0. The maximum Gasteiger partial charge on any atom is 0.220 e. The Morgan fingerprint density at radius 3 is 2.81 bits per heavy atom. The minimum Gasteiger partial charge on any atom is -0.379 e. The van der Waals surface area contributed by atoms with Crippen LogP contribution in [0.5, 0.6) is 0 Å². The van der Waals surface area contributed by atoms with E-state index in [1.54, 1.807) is 6.20 Å². The van der Waals surface area contributed by atoms with Crippen LogP contribution in [0.15, 0.2) is 42.7 Å². The highest BCUT2D eigenvalue weighted by molar-refractivity contribution is 6.31. The molecule has 0 bridgehead atoms. The Hall–Kier alpha value is -2.02. The highest BCUT2D eigenvalue weighted by Gasteiger charge is 2.24. The van der Waals surface area contributed by atoms with Crippen molar-refractivity contribution in [3.05, 3.63) is 64.7 Å². The predicted molar refractivity (Wildman–Crippen MR) is 102 cm³/mol. The van der Waals surface area contributed by atoms with Gasteiger partial charge in [-0.2, -0.15) is 0 Å². The molecule has 144 valence electrons. The molecule has 1 atom stereocenters. The van der Waals surface area contributed by atoms with Gasteiger partial charge < -0.3 is 10.1 Å². The Bertz CT molecular complexity index is 768. The van der Waals surface area contributed by atoms with E-state index in [9.17, 15) is 9.18 Å². The summed E-state index contributed by atoms with van der Waals surface area (Å²) in [6.07, 6.45) is 3.46. The lowest BCUT2D eigenvalue weighted by Crippen LogP contribution is -2.44. The molecule has 2 aromatic rings. The third kappa shape index (κ3) is 5.73. The number of hydrogen-bond donors (Lipinski definition) is 1. The van der Waals surface area contributed by atoms with Crippen LogP contribution in [0.4, 0.5) is 4.39 Å². The number of benzene rings is 1. The average molecular weight is 392 g/mol. The summed E-state index contributed by atoms with van der Waals surface area (Å²) in [5, 5.41) is 3.69. The zero-order valence-electron chi connectivity index (χ0n) is 15.0. The summed E-state index contributed by atoms with van der Waals surface area (Å²) in [6.45, 7) is 3.38. The minimum atomic E-state index is -0.390. The molecule has 27 heavy (non-hydrogen) atoms. The topological polar surface area (TPSA) is 54.5 Å². The number of ether oxygens (including phenoxy) is 1.